The Morgan fingerprint density at radius 1 is 1.45 bits per heavy atom. The van der Waals surface area contributed by atoms with E-state index >= 15 is 0 Å². The van der Waals surface area contributed by atoms with E-state index in [-0.39, 0.29) is 0 Å². The van der Waals surface area contributed by atoms with Gasteiger partial charge in [0.25, 0.3) is 0 Å². The van der Waals surface area contributed by atoms with Crippen LogP contribution >= 0.6 is 0 Å². The quantitative estimate of drug-likeness (QED) is 0.561. The van der Waals surface area contributed by atoms with Gasteiger partial charge in [0, 0.05) is 19.2 Å². The molecule has 1 rings (SSSR count). The van der Waals surface area contributed by atoms with Crippen LogP contribution in [-0.4, -0.2) is 37.7 Å². The normalized spacial score (nSPS) is 18.8. The second kappa shape index (κ2) is 4.73. The van der Waals surface area contributed by atoms with Crippen molar-refractivity contribution in [3.63, 3.8) is 0 Å². The van der Waals surface area contributed by atoms with Gasteiger partial charge in [-0.15, -0.1) is 0 Å². The van der Waals surface area contributed by atoms with Crippen molar-refractivity contribution < 1.29 is 4.74 Å². The van der Waals surface area contributed by atoms with Gasteiger partial charge >= 0.3 is 0 Å². The van der Waals surface area contributed by atoms with E-state index in [0.29, 0.717) is 0 Å². The molecular formula is C9H19NO. The van der Waals surface area contributed by atoms with Crippen molar-refractivity contribution in [2.75, 3.05) is 26.8 Å². The fraction of sp³-hybridized carbons (Fsp3) is 1.00. The molecule has 2 nitrogen and oxygen atoms in total. The van der Waals surface area contributed by atoms with E-state index < -0.39 is 0 Å². The molecule has 0 atom stereocenters. The van der Waals surface area contributed by atoms with E-state index in [9.17, 15) is 0 Å². The Kier molecular flexibility index (Phi) is 3.87. The number of rotatable bonds is 5. The molecule has 1 saturated carbocycles. The van der Waals surface area contributed by atoms with E-state index in [0.717, 1.165) is 25.8 Å². The third-order valence-corrected chi connectivity index (χ3v) is 2.49. The summed E-state index contributed by atoms with van der Waals surface area (Å²) in [7, 11) is 2.20. The van der Waals surface area contributed by atoms with Crippen molar-refractivity contribution in [2.45, 2.75) is 32.2 Å². The Labute approximate surface area is 69.5 Å². The minimum atomic E-state index is 0.846. The van der Waals surface area contributed by atoms with Crippen LogP contribution in [0.3, 0.4) is 0 Å². The van der Waals surface area contributed by atoms with E-state index in [1.165, 1.54) is 19.3 Å². The summed E-state index contributed by atoms with van der Waals surface area (Å²) in [6.07, 6.45) is 4.20. The Morgan fingerprint density at radius 2 is 2.18 bits per heavy atom. The van der Waals surface area contributed by atoms with Gasteiger partial charge in [0.1, 0.15) is 0 Å². The van der Waals surface area contributed by atoms with Gasteiger partial charge in [0.2, 0.25) is 0 Å². The van der Waals surface area contributed by atoms with Gasteiger partial charge in [0.15, 0.2) is 0 Å². The van der Waals surface area contributed by atoms with Crippen molar-refractivity contribution in [3.8, 4) is 0 Å². The molecule has 0 aliphatic heterocycles. The standard InChI is InChI=1S/C9H19NO/c1-3-11-8-7-10(2)9-5-4-6-9/h9H,3-8H2,1-2H3. The molecule has 1 aliphatic carbocycles. The predicted molar refractivity (Wildman–Crippen MR) is 46.8 cm³/mol. The Hall–Kier alpha value is -0.0800. The van der Waals surface area contributed by atoms with Crippen molar-refractivity contribution in [3.05, 3.63) is 0 Å². The molecule has 0 heterocycles. The summed E-state index contributed by atoms with van der Waals surface area (Å²) in [5, 5.41) is 0. The fourth-order valence-electron chi connectivity index (χ4n) is 1.36. The van der Waals surface area contributed by atoms with Crippen molar-refractivity contribution in [1.82, 2.24) is 4.90 Å². The maximum absolute atomic E-state index is 5.28. The number of likely N-dealkylation sites (N-methyl/N-ethyl adjacent to an activating group) is 1. The highest BCUT2D eigenvalue weighted by molar-refractivity contribution is 4.77. The van der Waals surface area contributed by atoms with E-state index in [4.69, 9.17) is 4.74 Å². The zero-order valence-electron chi connectivity index (χ0n) is 7.68. The van der Waals surface area contributed by atoms with E-state index in [2.05, 4.69) is 11.9 Å². The summed E-state index contributed by atoms with van der Waals surface area (Å²) < 4.78 is 5.28. The van der Waals surface area contributed by atoms with Crippen LogP contribution in [0.2, 0.25) is 0 Å². The number of hydrogen-bond donors (Lipinski definition) is 0. The topological polar surface area (TPSA) is 12.5 Å². The maximum Gasteiger partial charge on any atom is 0.0593 e. The zero-order chi connectivity index (χ0) is 8.10. The van der Waals surface area contributed by atoms with Crippen molar-refractivity contribution >= 4 is 0 Å². The Bertz CT molecular complexity index is 102. The van der Waals surface area contributed by atoms with Gasteiger partial charge in [-0.3, -0.25) is 0 Å². The molecule has 0 N–H and O–H groups in total. The molecule has 0 radical (unpaired) electrons. The highest BCUT2D eigenvalue weighted by Crippen LogP contribution is 2.22. The molecule has 0 spiro atoms. The minimum absolute atomic E-state index is 0.846. The largest absolute Gasteiger partial charge is 0.380 e. The molecule has 0 aromatic rings. The summed E-state index contributed by atoms with van der Waals surface area (Å²) >= 11 is 0. The lowest BCUT2D eigenvalue weighted by atomic mass is 9.92. The zero-order valence-corrected chi connectivity index (χ0v) is 7.68. The predicted octanol–water partition coefficient (Wildman–Crippen LogP) is 1.51. The first-order valence-electron chi connectivity index (χ1n) is 4.62. The Balaban J connectivity index is 1.96. The first-order valence-corrected chi connectivity index (χ1v) is 4.62. The van der Waals surface area contributed by atoms with Crippen LogP contribution in [0.5, 0.6) is 0 Å². The first-order chi connectivity index (χ1) is 5.34. The molecule has 0 bridgehead atoms. The molecule has 1 aliphatic rings. The molecule has 0 aromatic carbocycles. The van der Waals surface area contributed by atoms with Crippen LogP contribution in [0, 0.1) is 0 Å². The molecular weight excluding hydrogens is 138 g/mol. The van der Waals surface area contributed by atoms with E-state index in [1.54, 1.807) is 0 Å². The van der Waals surface area contributed by atoms with Crippen molar-refractivity contribution in [1.29, 1.82) is 0 Å². The SMILES string of the molecule is CCOCCN(C)C1CCC1. The molecule has 0 saturated heterocycles. The lowest BCUT2D eigenvalue weighted by molar-refractivity contribution is 0.0862. The van der Waals surface area contributed by atoms with Gasteiger partial charge in [-0.1, -0.05) is 6.42 Å². The van der Waals surface area contributed by atoms with E-state index in [1.807, 2.05) is 6.92 Å². The monoisotopic (exact) mass is 157 g/mol. The summed E-state index contributed by atoms with van der Waals surface area (Å²) in [5.41, 5.74) is 0. The van der Waals surface area contributed by atoms with Crippen molar-refractivity contribution in [2.24, 2.45) is 0 Å². The van der Waals surface area contributed by atoms with Gasteiger partial charge in [-0.05, 0) is 26.8 Å². The number of ether oxygens (including phenoxy) is 1. The lowest BCUT2D eigenvalue weighted by Crippen LogP contribution is -2.38. The maximum atomic E-state index is 5.28. The van der Waals surface area contributed by atoms with Crippen LogP contribution in [0.4, 0.5) is 0 Å². The summed E-state index contributed by atoms with van der Waals surface area (Å²) in [4.78, 5) is 2.42. The van der Waals surface area contributed by atoms with Crippen LogP contribution in [0.1, 0.15) is 26.2 Å². The molecule has 2 heteroatoms. The second-order valence-electron chi connectivity index (χ2n) is 3.26. The first kappa shape index (κ1) is 9.01. The number of hydrogen-bond acceptors (Lipinski definition) is 2. The summed E-state index contributed by atoms with van der Waals surface area (Å²) in [5.74, 6) is 0. The van der Waals surface area contributed by atoms with Crippen LogP contribution in [0.25, 0.3) is 0 Å². The summed E-state index contributed by atoms with van der Waals surface area (Å²) in [6.45, 7) is 4.88. The smallest absolute Gasteiger partial charge is 0.0593 e. The van der Waals surface area contributed by atoms with Gasteiger partial charge in [0.05, 0.1) is 6.61 Å². The second-order valence-corrected chi connectivity index (χ2v) is 3.26. The lowest BCUT2D eigenvalue weighted by Gasteiger charge is -2.34. The summed E-state index contributed by atoms with van der Waals surface area (Å²) in [6, 6.07) is 0.857. The number of nitrogens with zero attached hydrogens (tertiary/aromatic N) is 1. The third-order valence-electron chi connectivity index (χ3n) is 2.49. The molecule has 66 valence electrons. The Morgan fingerprint density at radius 3 is 2.64 bits per heavy atom. The van der Waals surface area contributed by atoms with Crippen LogP contribution in [-0.2, 0) is 4.74 Å². The average Bonchev–Trinajstić information content (AvgIpc) is 1.84. The minimum Gasteiger partial charge on any atom is -0.380 e. The van der Waals surface area contributed by atoms with Gasteiger partial charge in [-0.25, -0.2) is 0 Å². The fourth-order valence-corrected chi connectivity index (χ4v) is 1.36. The molecule has 0 aromatic heterocycles. The average molecular weight is 157 g/mol. The molecule has 0 amide bonds. The molecule has 1 fully saturated rings. The molecule has 0 unspecified atom stereocenters. The van der Waals surface area contributed by atoms with Gasteiger partial charge in [-0.2, -0.15) is 0 Å². The van der Waals surface area contributed by atoms with Gasteiger partial charge < -0.3 is 9.64 Å². The van der Waals surface area contributed by atoms with Crippen LogP contribution < -0.4 is 0 Å². The molecule has 11 heavy (non-hydrogen) atoms. The third kappa shape index (κ3) is 2.80. The highest BCUT2D eigenvalue weighted by Gasteiger charge is 2.20. The highest BCUT2D eigenvalue weighted by atomic mass is 16.5. The van der Waals surface area contributed by atoms with Crippen LogP contribution in [0.15, 0.2) is 0 Å².